The van der Waals surface area contributed by atoms with Gasteiger partial charge in [0.1, 0.15) is 0 Å². The molecule has 3 aromatic rings. The number of halogens is 1. The first-order chi connectivity index (χ1) is 12.2. The highest BCUT2D eigenvalue weighted by atomic mass is 35.5. The summed E-state index contributed by atoms with van der Waals surface area (Å²) in [4.78, 5) is 18.1. The van der Waals surface area contributed by atoms with Crippen LogP contribution in [0.4, 0.5) is 0 Å². The van der Waals surface area contributed by atoms with E-state index in [0.29, 0.717) is 10.9 Å². The molecule has 1 aliphatic heterocycles. The molecule has 0 bridgehead atoms. The van der Waals surface area contributed by atoms with Gasteiger partial charge < -0.3 is 9.88 Å². The van der Waals surface area contributed by atoms with E-state index in [-0.39, 0.29) is 5.91 Å². The van der Waals surface area contributed by atoms with Crippen LogP contribution in [0.3, 0.4) is 0 Å². The average molecular weight is 353 g/mol. The topological polar surface area (TPSA) is 36.1 Å². The number of benzene rings is 2. The van der Waals surface area contributed by atoms with E-state index < -0.39 is 0 Å². The first-order valence-corrected chi connectivity index (χ1v) is 9.18. The molecule has 0 atom stereocenters. The number of amides is 1. The Balaban J connectivity index is 1.43. The van der Waals surface area contributed by atoms with E-state index in [9.17, 15) is 4.79 Å². The summed E-state index contributed by atoms with van der Waals surface area (Å²) in [5.74, 6) is 0.760. The summed E-state index contributed by atoms with van der Waals surface area (Å²) in [6, 6.07) is 16.2. The van der Waals surface area contributed by atoms with Crippen molar-refractivity contribution < 1.29 is 4.79 Å². The van der Waals surface area contributed by atoms with Gasteiger partial charge in [-0.15, -0.1) is 0 Å². The van der Waals surface area contributed by atoms with Gasteiger partial charge in [-0.25, -0.2) is 0 Å². The number of rotatable bonds is 3. The van der Waals surface area contributed by atoms with E-state index in [4.69, 9.17) is 11.6 Å². The van der Waals surface area contributed by atoms with Gasteiger partial charge in [0.2, 0.25) is 0 Å². The third-order valence-corrected chi connectivity index (χ3v) is 5.38. The molecule has 2 aromatic carbocycles. The molecular formula is C21H21ClN2O. The molecule has 3 nitrogen and oxygen atoms in total. The molecule has 1 fully saturated rings. The van der Waals surface area contributed by atoms with Gasteiger partial charge in [-0.3, -0.25) is 4.79 Å². The van der Waals surface area contributed by atoms with Gasteiger partial charge >= 0.3 is 0 Å². The number of hydrogen-bond donors (Lipinski definition) is 1. The molecule has 4 rings (SSSR count). The third kappa shape index (κ3) is 3.42. The van der Waals surface area contributed by atoms with Crippen LogP contribution in [0.2, 0.25) is 5.02 Å². The van der Waals surface area contributed by atoms with Crippen molar-refractivity contribution in [2.45, 2.75) is 19.3 Å². The largest absolute Gasteiger partial charge is 0.360 e. The lowest BCUT2D eigenvalue weighted by atomic mass is 9.90. The Morgan fingerprint density at radius 3 is 2.64 bits per heavy atom. The Labute approximate surface area is 152 Å². The van der Waals surface area contributed by atoms with Crippen molar-refractivity contribution in [2.75, 3.05) is 13.1 Å². The number of carbonyl (C=O) groups is 1. The summed E-state index contributed by atoms with van der Waals surface area (Å²) < 4.78 is 0. The van der Waals surface area contributed by atoms with Crippen molar-refractivity contribution in [1.82, 2.24) is 9.88 Å². The number of aromatic nitrogens is 1. The second-order valence-electron chi connectivity index (χ2n) is 6.82. The van der Waals surface area contributed by atoms with Crippen LogP contribution >= 0.6 is 11.6 Å². The Morgan fingerprint density at radius 1 is 1.12 bits per heavy atom. The number of carbonyl (C=O) groups excluding carboxylic acids is 1. The minimum atomic E-state index is 0.103. The quantitative estimate of drug-likeness (QED) is 0.713. The highest BCUT2D eigenvalue weighted by Crippen LogP contribution is 2.26. The minimum Gasteiger partial charge on any atom is -0.360 e. The SMILES string of the molecule is O=C(c1c[nH]c2ccc(Cl)cc12)N1CCC(Cc2ccccc2)CC1. The van der Waals surface area contributed by atoms with Gasteiger partial charge in [0.25, 0.3) is 5.91 Å². The molecule has 0 saturated carbocycles. The molecule has 1 amide bonds. The Morgan fingerprint density at radius 2 is 1.88 bits per heavy atom. The van der Waals surface area contributed by atoms with Crippen molar-refractivity contribution in [3.05, 3.63) is 70.9 Å². The van der Waals surface area contributed by atoms with Crippen LogP contribution in [0.15, 0.2) is 54.7 Å². The molecule has 1 saturated heterocycles. The summed E-state index contributed by atoms with van der Waals surface area (Å²) in [6.45, 7) is 1.65. The molecule has 1 N–H and O–H groups in total. The summed E-state index contributed by atoms with van der Waals surface area (Å²) in [7, 11) is 0. The van der Waals surface area contributed by atoms with Crippen LogP contribution < -0.4 is 0 Å². The fraction of sp³-hybridized carbons (Fsp3) is 0.286. The molecule has 4 heteroatoms. The highest BCUT2D eigenvalue weighted by molar-refractivity contribution is 6.31. The van der Waals surface area contributed by atoms with Gasteiger partial charge in [0, 0.05) is 35.2 Å². The summed E-state index contributed by atoms with van der Waals surface area (Å²) >= 11 is 6.10. The van der Waals surface area contributed by atoms with Gasteiger partial charge in [-0.1, -0.05) is 41.9 Å². The molecule has 0 aliphatic carbocycles. The van der Waals surface area contributed by atoms with E-state index in [1.54, 1.807) is 6.20 Å². The predicted octanol–water partition coefficient (Wildman–Crippen LogP) is 4.92. The smallest absolute Gasteiger partial charge is 0.256 e. The number of piperidine rings is 1. The van der Waals surface area contributed by atoms with E-state index in [1.165, 1.54) is 5.56 Å². The van der Waals surface area contributed by atoms with E-state index in [0.717, 1.165) is 48.8 Å². The zero-order valence-electron chi connectivity index (χ0n) is 14.0. The molecule has 0 radical (unpaired) electrons. The van der Waals surface area contributed by atoms with Crippen molar-refractivity contribution in [1.29, 1.82) is 0 Å². The predicted molar refractivity (Wildman–Crippen MR) is 102 cm³/mol. The maximum atomic E-state index is 12.9. The number of nitrogens with one attached hydrogen (secondary N) is 1. The van der Waals surface area contributed by atoms with Gasteiger partial charge in [0.15, 0.2) is 0 Å². The van der Waals surface area contributed by atoms with Gasteiger partial charge in [-0.05, 0) is 48.9 Å². The van der Waals surface area contributed by atoms with Crippen LogP contribution in [0, 0.1) is 5.92 Å². The monoisotopic (exact) mass is 352 g/mol. The normalized spacial score (nSPS) is 15.6. The molecule has 1 aromatic heterocycles. The Bertz CT molecular complexity index is 879. The fourth-order valence-electron chi connectivity index (χ4n) is 3.73. The number of nitrogens with zero attached hydrogens (tertiary/aromatic N) is 1. The number of H-pyrrole nitrogens is 1. The molecule has 25 heavy (non-hydrogen) atoms. The van der Waals surface area contributed by atoms with Crippen molar-refractivity contribution in [3.63, 3.8) is 0 Å². The minimum absolute atomic E-state index is 0.103. The Hall–Kier alpha value is -2.26. The zero-order valence-corrected chi connectivity index (χ0v) is 14.8. The molecule has 128 valence electrons. The maximum Gasteiger partial charge on any atom is 0.256 e. The van der Waals surface area contributed by atoms with Crippen LogP contribution in [-0.4, -0.2) is 28.9 Å². The van der Waals surface area contributed by atoms with Crippen LogP contribution in [0.25, 0.3) is 10.9 Å². The Kier molecular flexibility index (Phi) is 4.50. The second-order valence-corrected chi connectivity index (χ2v) is 7.25. The van der Waals surface area contributed by atoms with E-state index >= 15 is 0 Å². The lowest BCUT2D eigenvalue weighted by molar-refractivity contribution is 0.0692. The molecule has 1 aliphatic rings. The number of aromatic amines is 1. The second kappa shape index (κ2) is 6.93. The van der Waals surface area contributed by atoms with Crippen LogP contribution in [0.1, 0.15) is 28.8 Å². The maximum absolute atomic E-state index is 12.9. The lowest BCUT2D eigenvalue weighted by Gasteiger charge is -2.32. The third-order valence-electron chi connectivity index (χ3n) is 5.14. The summed E-state index contributed by atoms with van der Waals surface area (Å²) in [5, 5.41) is 1.56. The summed E-state index contributed by atoms with van der Waals surface area (Å²) in [6.07, 6.45) is 5.03. The van der Waals surface area contributed by atoms with Crippen molar-refractivity contribution >= 4 is 28.4 Å². The highest BCUT2D eigenvalue weighted by Gasteiger charge is 2.25. The van der Waals surface area contributed by atoms with E-state index in [1.807, 2.05) is 23.1 Å². The van der Waals surface area contributed by atoms with E-state index in [2.05, 4.69) is 35.3 Å². The summed E-state index contributed by atoms with van der Waals surface area (Å²) in [5.41, 5.74) is 3.06. The first-order valence-electron chi connectivity index (χ1n) is 8.80. The zero-order chi connectivity index (χ0) is 17.2. The number of fused-ring (bicyclic) bond motifs is 1. The number of likely N-dealkylation sites (tertiary alicyclic amines) is 1. The number of hydrogen-bond acceptors (Lipinski definition) is 1. The lowest BCUT2D eigenvalue weighted by Crippen LogP contribution is -2.38. The van der Waals surface area contributed by atoms with Gasteiger partial charge in [-0.2, -0.15) is 0 Å². The molecular weight excluding hydrogens is 332 g/mol. The first kappa shape index (κ1) is 16.2. The van der Waals surface area contributed by atoms with Crippen LogP contribution in [0.5, 0.6) is 0 Å². The average Bonchev–Trinajstić information content (AvgIpc) is 3.05. The fourth-order valence-corrected chi connectivity index (χ4v) is 3.90. The standard InChI is InChI=1S/C21H21ClN2O/c22-17-6-7-20-18(13-17)19(14-23-20)21(25)24-10-8-16(9-11-24)12-15-4-2-1-3-5-15/h1-7,13-14,16,23H,8-12H2. The molecule has 0 unspecified atom stereocenters. The van der Waals surface area contributed by atoms with Crippen LogP contribution in [-0.2, 0) is 6.42 Å². The van der Waals surface area contributed by atoms with Crippen molar-refractivity contribution in [2.24, 2.45) is 5.92 Å². The van der Waals surface area contributed by atoms with Gasteiger partial charge in [0.05, 0.1) is 5.56 Å². The van der Waals surface area contributed by atoms with Crippen molar-refractivity contribution in [3.8, 4) is 0 Å². The molecule has 0 spiro atoms. The molecule has 2 heterocycles.